The average molecular weight is 375 g/mol. The Bertz CT molecular complexity index is 718. The molecule has 23 heavy (non-hydrogen) atoms. The molecule has 1 aromatic carbocycles. The lowest BCUT2D eigenvalue weighted by Gasteiger charge is -2.18. The molecule has 0 radical (unpaired) electrons. The van der Waals surface area contributed by atoms with Crippen LogP contribution in [0.4, 0.5) is 11.6 Å². The highest BCUT2D eigenvalue weighted by Gasteiger charge is 2.18. The van der Waals surface area contributed by atoms with E-state index in [0.29, 0.717) is 11.3 Å². The van der Waals surface area contributed by atoms with Gasteiger partial charge in [0.2, 0.25) is 5.95 Å². The number of carbonyl (C=O) groups excluding carboxylic acids is 1. The number of nitrogens with one attached hydrogen (secondary N) is 1. The average Bonchev–Trinajstić information content (AvgIpc) is 3.05. The van der Waals surface area contributed by atoms with Crippen molar-refractivity contribution < 1.29 is 4.79 Å². The van der Waals surface area contributed by atoms with Crippen LogP contribution in [0, 0.1) is 13.8 Å². The van der Waals surface area contributed by atoms with Crippen LogP contribution in [0.5, 0.6) is 0 Å². The molecule has 0 saturated carbocycles. The molecule has 0 bridgehead atoms. The first-order valence-corrected chi connectivity index (χ1v) is 8.51. The van der Waals surface area contributed by atoms with Gasteiger partial charge in [-0.3, -0.25) is 4.79 Å². The standard InChI is InChI=1S/C17H19BrN4O/c1-11-15(21-16(23)13-6-5-7-14(18)10-13)12(2)20-17(19-11)22-8-3-4-9-22/h5-7,10H,3-4,8-9H2,1-2H3,(H,21,23). The molecule has 0 atom stereocenters. The summed E-state index contributed by atoms with van der Waals surface area (Å²) in [5.41, 5.74) is 2.88. The third-order valence-corrected chi connectivity index (χ3v) is 4.47. The molecule has 0 aliphatic carbocycles. The summed E-state index contributed by atoms with van der Waals surface area (Å²) in [4.78, 5) is 23.8. The second-order valence-corrected chi connectivity index (χ2v) is 6.64. The van der Waals surface area contributed by atoms with Crippen LogP contribution in [-0.2, 0) is 0 Å². The van der Waals surface area contributed by atoms with E-state index < -0.39 is 0 Å². The van der Waals surface area contributed by atoms with E-state index in [0.717, 1.165) is 34.9 Å². The summed E-state index contributed by atoms with van der Waals surface area (Å²) in [6.45, 7) is 5.82. The zero-order chi connectivity index (χ0) is 16.4. The first kappa shape index (κ1) is 15.9. The van der Waals surface area contributed by atoms with Gasteiger partial charge in [0.05, 0.1) is 17.1 Å². The molecule has 1 amide bonds. The molecule has 1 saturated heterocycles. The van der Waals surface area contributed by atoms with Crippen molar-refractivity contribution >= 4 is 33.5 Å². The molecule has 1 aliphatic heterocycles. The number of carbonyl (C=O) groups is 1. The Morgan fingerprint density at radius 1 is 1.17 bits per heavy atom. The number of hydrogen-bond acceptors (Lipinski definition) is 4. The number of aromatic nitrogens is 2. The number of benzene rings is 1. The highest BCUT2D eigenvalue weighted by Crippen LogP contribution is 2.23. The van der Waals surface area contributed by atoms with Crippen molar-refractivity contribution in [2.75, 3.05) is 23.3 Å². The van der Waals surface area contributed by atoms with Crippen LogP contribution in [-0.4, -0.2) is 29.0 Å². The SMILES string of the molecule is Cc1nc(N2CCCC2)nc(C)c1NC(=O)c1cccc(Br)c1. The quantitative estimate of drug-likeness (QED) is 0.889. The van der Waals surface area contributed by atoms with E-state index in [1.807, 2.05) is 26.0 Å². The van der Waals surface area contributed by atoms with Gasteiger partial charge in [0, 0.05) is 23.1 Å². The maximum atomic E-state index is 12.4. The number of halogens is 1. The van der Waals surface area contributed by atoms with Crippen LogP contribution in [0.2, 0.25) is 0 Å². The van der Waals surface area contributed by atoms with E-state index in [1.54, 1.807) is 12.1 Å². The van der Waals surface area contributed by atoms with Gasteiger partial charge < -0.3 is 10.2 Å². The van der Waals surface area contributed by atoms with Crippen molar-refractivity contribution in [3.05, 3.63) is 45.7 Å². The topological polar surface area (TPSA) is 58.1 Å². The molecular weight excluding hydrogens is 356 g/mol. The fraction of sp³-hybridized carbons (Fsp3) is 0.353. The van der Waals surface area contributed by atoms with Crippen LogP contribution in [0.15, 0.2) is 28.7 Å². The lowest BCUT2D eigenvalue weighted by atomic mass is 10.2. The zero-order valence-electron chi connectivity index (χ0n) is 13.3. The molecule has 1 fully saturated rings. The molecule has 1 aromatic heterocycles. The number of hydrogen-bond donors (Lipinski definition) is 1. The maximum Gasteiger partial charge on any atom is 0.255 e. The number of anilines is 2. The van der Waals surface area contributed by atoms with Gasteiger partial charge in [-0.1, -0.05) is 22.0 Å². The number of nitrogens with zero attached hydrogens (tertiary/aromatic N) is 3. The van der Waals surface area contributed by atoms with Gasteiger partial charge in [0.25, 0.3) is 5.91 Å². The van der Waals surface area contributed by atoms with Gasteiger partial charge in [-0.15, -0.1) is 0 Å². The summed E-state index contributed by atoms with van der Waals surface area (Å²) >= 11 is 3.38. The smallest absolute Gasteiger partial charge is 0.255 e. The highest BCUT2D eigenvalue weighted by atomic mass is 79.9. The molecule has 1 N–H and O–H groups in total. The van der Waals surface area contributed by atoms with Crippen LogP contribution in [0.3, 0.4) is 0 Å². The van der Waals surface area contributed by atoms with Gasteiger partial charge in [0.15, 0.2) is 0 Å². The number of aryl methyl sites for hydroxylation is 2. The van der Waals surface area contributed by atoms with Crippen molar-refractivity contribution in [3.63, 3.8) is 0 Å². The molecule has 6 heteroatoms. The van der Waals surface area contributed by atoms with E-state index in [9.17, 15) is 4.79 Å². The van der Waals surface area contributed by atoms with Crippen molar-refractivity contribution in [1.82, 2.24) is 9.97 Å². The second-order valence-electron chi connectivity index (χ2n) is 5.73. The Labute approximate surface area is 144 Å². The molecule has 5 nitrogen and oxygen atoms in total. The summed E-state index contributed by atoms with van der Waals surface area (Å²) in [6.07, 6.45) is 2.37. The Balaban J connectivity index is 1.84. The summed E-state index contributed by atoms with van der Waals surface area (Å²) in [5.74, 6) is 0.605. The normalized spacial score (nSPS) is 14.1. The number of rotatable bonds is 3. The Kier molecular flexibility index (Phi) is 4.61. The Morgan fingerprint density at radius 2 is 1.83 bits per heavy atom. The van der Waals surface area contributed by atoms with Crippen molar-refractivity contribution in [2.45, 2.75) is 26.7 Å². The van der Waals surface area contributed by atoms with Gasteiger partial charge in [-0.25, -0.2) is 9.97 Å². The predicted molar refractivity (Wildman–Crippen MR) is 95.0 cm³/mol. The molecular formula is C17H19BrN4O. The van der Waals surface area contributed by atoms with Gasteiger partial charge in [-0.05, 0) is 44.9 Å². The van der Waals surface area contributed by atoms with Gasteiger partial charge in [0.1, 0.15) is 0 Å². The lowest BCUT2D eigenvalue weighted by molar-refractivity contribution is 0.102. The summed E-state index contributed by atoms with van der Waals surface area (Å²) in [6, 6.07) is 7.30. The first-order valence-electron chi connectivity index (χ1n) is 7.71. The minimum atomic E-state index is -0.157. The minimum Gasteiger partial charge on any atom is -0.341 e. The molecule has 2 heterocycles. The fourth-order valence-corrected chi connectivity index (χ4v) is 3.15. The summed E-state index contributed by atoms with van der Waals surface area (Å²) < 4.78 is 0.874. The zero-order valence-corrected chi connectivity index (χ0v) is 14.9. The summed E-state index contributed by atoms with van der Waals surface area (Å²) in [5, 5.41) is 2.94. The largest absolute Gasteiger partial charge is 0.341 e. The van der Waals surface area contributed by atoms with Crippen LogP contribution >= 0.6 is 15.9 Å². The van der Waals surface area contributed by atoms with Crippen LogP contribution in [0.25, 0.3) is 0 Å². The van der Waals surface area contributed by atoms with Crippen molar-refractivity contribution in [1.29, 1.82) is 0 Å². The molecule has 0 spiro atoms. The molecule has 0 unspecified atom stereocenters. The van der Waals surface area contributed by atoms with E-state index in [4.69, 9.17) is 0 Å². The van der Waals surface area contributed by atoms with Crippen molar-refractivity contribution in [2.24, 2.45) is 0 Å². The van der Waals surface area contributed by atoms with E-state index >= 15 is 0 Å². The molecule has 3 rings (SSSR count). The second kappa shape index (κ2) is 6.66. The van der Waals surface area contributed by atoms with Crippen molar-refractivity contribution in [3.8, 4) is 0 Å². The first-order chi connectivity index (χ1) is 11.0. The van der Waals surface area contributed by atoms with E-state index in [2.05, 4.69) is 36.1 Å². The molecule has 120 valence electrons. The van der Waals surface area contributed by atoms with Crippen LogP contribution in [0.1, 0.15) is 34.6 Å². The number of amides is 1. The maximum absolute atomic E-state index is 12.4. The minimum absolute atomic E-state index is 0.157. The fourth-order valence-electron chi connectivity index (χ4n) is 2.75. The van der Waals surface area contributed by atoms with E-state index in [-0.39, 0.29) is 5.91 Å². The third kappa shape index (κ3) is 3.52. The van der Waals surface area contributed by atoms with E-state index in [1.165, 1.54) is 12.8 Å². The molecule has 1 aliphatic rings. The van der Waals surface area contributed by atoms with Gasteiger partial charge in [-0.2, -0.15) is 0 Å². The Morgan fingerprint density at radius 3 is 2.43 bits per heavy atom. The lowest BCUT2D eigenvalue weighted by Crippen LogP contribution is -2.22. The third-order valence-electron chi connectivity index (χ3n) is 3.97. The van der Waals surface area contributed by atoms with Gasteiger partial charge >= 0.3 is 0 Å². The molecule has 2 aromatic rings. The monoisotopic (exact) mass is 374 g/mol. The van der Waals surface area contributed by atoms with Crippen LogP contribution < -0.4 is 10.2 Å². The predicted octanol–water partition coefficient (Wildman–Crippen LogP) is 3.71. The highest BCUT2D eigenvalue weighted by molar-refractivity contribution is 9.10. The summed E-state index contributed by atoms with van der Waals surface area (Å²) in [7, 11) is 0. The Hall–Kier alpha value is -1.95.